The van der Waals surface area contributed by atoms with Crippen LogP contribution < -0.4 is 9.80 Å². The maximum Gasteiger partial charge on any atom is 0.277 e. The molecule has 0 atom stereocenters. The third-order valence-electron chi connectivity index (χ3n) is 5.06. The van der Waals surface area contributed by atoms with Crippen LogP contribution in [0.25, 0.3) is 5.57 Å². The Balaban J connectivity index is 1.63. The quantitative estimate of drug-likeness (QED) is 0.597. The molecule has 0 saturated carbocycles. The van der Waals surface area contributed by atoms with E-state index in [-0.39, 0.29) is 15.6 Å². The molecule has 144 valence electrons. The molecule has 0 radical (unpaired) electrons. The van der Waals surface area contributed by atoms with Crippen molar-refractivity contribution >= 4 is 63.6 Å². The molecule has 7 heteroatoms. The summed E-state index contributed by atoms with van der Waals surface area (Å²) in [5, 5.41) is 0.561. The lowest BCUT2D eigenvalue weighted by Gasteiger charge is -2.29. The van der Waals surface area contributed by atoms with Crippen LogP contribution in [0.15, 0.2) is 47.5 Å². The van der Waals surface area contributed by atoms with E-state index in [0.717, 1.165) is 23.7 Å². The van der Waals surface area contributed by atoms with Gasteiger partial charge < -0.3 is 4.90 Å². The highest BCUT2D eigenvalue weighted by molar-refractivity contribution is 6.60. The molecule has 4 rings (SSSR count). The van der Waals surface area contributed by atoms with Gasteiger partial charge in [-0.2, -0.15) is 0 Å². The summed E-state index contributed by atoms with van der Waals surface area (Å²) in [4.78, 5) is 29.1. The second-order valence-corrected chi connectivity index (χ2v) is 8.04. The maximum atomic E-state index is 13.0. The van der Waals surface area contributed by atoms with Crippen molar-refractivity contribution in [1.29, 1.82) is 0 Å². The number of imide groups is 1. The predicted octanol–water partition coefficient (Wildman–Crippen LogP) is 5.51. The molecule has 0 N–H and O–H groups in total. The second-order valence-electron chi connectivity index (χ2n) is 6.82. The van der Waals surface area contributed by atoms with Gasteiger partial charge in [-0.15, -0.1) is 0 Å². The molecule has 4 nitrogen and oxygen atoms in total. The Bertz CT molecular complexity index is 980. The van der Waals surface area contributed by atoms with Crippen molar-refractivity contribution in [3.05, 3.63) is 63.1 Å². The first-order valence-corrected chi connectivity index (χ1v) is 10.2. The Hall–Kier alpha value is -2.01. The molecule has 2 aliphatic heterocycles. The molecule has 2 amide bonds. The number of rotatable bonds is 3. The van der Waals surface area contributed by atoms with E-state index in [0.29, 0.717) is 16.3 Å². The van der Waals surface area contributed by atoms with Gasteiger partial charge in [0.1, 0.15) is 5.03 Å². The Kier molecular flexibility index (Phi) is 5.37. The van der Waals surface area contributed by atoms with Gasteiger partial charge in [0.2, 0.25) is 0 Å². The summed E-state index contributed by atoms with van der Waals surface area (Å²) in [5.41, 5.74) is 2.05. The topological polar surface area (TPSA) is 40.6 Å². The van der Waals surface area contributed by atoms with Crippen molar-refractivity contribution in [2.75, 3.05) is 22.9 Å². The van der Waals surface area contributed by atoms with E-state index in [1.807, 2.05) is 12.1 Å². The van der Waals surface area contributed by atoms with Crippen LogP contribution in [0.3, 0.4) is 0 Å². The largest absolute Gasteiger partial charge is 0.372 e. The summed E-state index contributed by atoms with van der Waals surface area (Å²) in [5.74, 6) is -1.05. The summed E-state index contributed by atoms with van der Waals surface area (Å²) in [7, 11) is 0. The molecule has 1 fully saturated rings. The Labute approximate surface area is 178 Å². The van der Waals surface area contributed by atoms with Crippen LogP contribution in [-0.2, 0) is 9.59 Å². The van der Waals surface area contributed by atoms with Crippen LogP contribution in [0.1, 0.15) is 24.8 Å². The highest BCUT2D eigenvalue weighted by Gasteiger charge is 2.40. The van der Waals surface area contributed by atoms with Gasteiger partial charge in [0.25, 0.3) is 11.8 Å². The summed E-state index contributed by atoms with van der Waals surface area (Å²) in [6, 6.07) is 12.1. The van der Waals surface area contributed by atoms with E-state index >= 15 is 0 Å². The van der Waals surface area contributed by atoms with Crippen LogP contribution in [0, 0.1) is 0 Å². The zero-order valence-corrected chi connectivity index (χ0v) is 17.2. The third-order valence-corrected chi connectivity index (χ3v) is 5.96. The molecule has 2 aromatic rings. The first kappa shape index (κ1) is 19.3. The van der Waals surface area contributed by atoms with E-state index in [9.17, 15) is 9.59 Å². The normalized spacial score (nSPS) is 17.7. The van der Waals surface area contributed by atoms with Gasteiger partial charge in [-0.3, -0.25) is 9.59 Å². The summed E-state index contributed by atoms with van der Waals surface area (Å²) < 4.78 is 0. The first-order chi connectivity index (χ1) is 13.5. The van der Waals surface area contributed by atoms with Gasteiger partial charge in [-0.1, -0.05) is 40.9 Å². The van der Waals surface area contributed by atoms with Gasteiger partial charge in [0.15, 0.2) is 0 Å². The molecule has 2 aliphatic rings. The molecule has 0 aromatic heterocycles. The van der Waals surface area contributed by atoms with E-state index < -0.39 is 11.8 Å². The van der Waals surface area contributed by atoms with Gasteiger partial charge in [0.05, 0.1) is 16.3 Å². The molecule has 2 aromatic carbocycles. The van der Waals surface area contributed by atoms with Crippen molar-refractivity contribution in [3.8, 4) is 0 Å². The van der Waals surface area contributed by atoms with Crippen LogP contribution in [0.4, 0.5) is 11.4 Å². The average Bonchev–Trinajstić information content (AvgIpc) is 2.92. The van der Waals surface area contributed by atoms with Gasteiger partial charge in [-0.25, -0.2) is 4.90 Å². The molecular formula is C21H17Cl3N2O2. The Morgan fingerprint density at radius 2 is 1.39 bits per heavy atom. The van der Waals surface area contributed by atoms with Crippen molar-refractivity contribution in [2.45, 2.75) is 19.3 Å². The minimum atomic E-state index is -0.557. The van der Waals surface area contributed by atoms with E-state index in [1.54, 1.807) is 24.3 Å². The summed E-state index contributed by atoms with van der Waals surface area (Å²) in [6.07, 6.45) is 3.61. The summed E-state index contributed by atoms with van der Waals surface area (Å²) >= 11 is 18.4. The smallest absolute Gasteiger partial charge is 0.277 e. The zero-order chi connectivity index (χ0) is 19.8. The number of nitrogens with zero attached hydrogens (tertiary/aromatic N) is 2. The molecule has 0 bridgehead atoms. The van der Waals surface area contributed by atoms with E-state index in [1.165, 1.54) is 25.3 Å². The number of carbonyl (C=O) groups excluding carboxylic acids is 2. The fourth-order valence-corrected chi connectivity index (χ4v) is 4.40. The van der Waals surface area contributed by atoms with Crippen LogP contribution in [0.5, 0.6) is 0 Å². The number of halogens is 3. The van der Waals surface area contributed by atoms with E-state index in [4.69, 9.17) is 34.8 Å². The summed E-state index contributed by atoms with van der Waals surface area (Å²) in [6.45, 7) is 2.04. The van der Waals surface area contributed by atoms with Crippen LogP contribution >= 0.6 is 34.8 Å². The molecule has 0 spiro atoms. The van der Waals surface area contributed by atoms with Crippen molar-refractivity contribution in [2.24, 2.45) is 0 Å². The fourth-order valence-electron chi connectivity index (χ4n) is 3.63. The number of piperidine rings is 1. The molecular weight excluding hydrogens is 419 g/mol. The number of amides is 2. The first-order valence-electron chi connectivity index (χ1n) is 9.06. The van der Waals surface area contributed by atoms with Gasteiger partial charge >= 0.3 is 0 Å². The van der Waals surface area contributed by atoms with E-state index in [2.05, 4.69) is 4.90 Å². The second kappa shape index (κ2) is 7.78. The Morgan fingerprint density at radius 1 is 0.750 bits per heavy atom. The Morgan fingerprint density at radius 3 is 2.04 bits per heavy atom. The number of carbonyl (C=O) groups is 2. The molecule has 1 saturated heterocycles. The molecule has 0 unspecified atom stereocenters. The third kappa shape index (κ3) is 3.41. The van der Waals surface area contributed by atoms with Crippen LogP contribution in [0.2, 0.25) is 10.0 Å². The highest BCUT2D eigenvalue weighted by Crippen LogP contribution is 2.38. The minimum Gasteiger partial charge on any atom is -0.372 e. The predicted molar refractivity (Wildman–Crippen MR) is 114 cm³/mol. The number of anilines is 2. The molecule has 2 heterocycles. The van der Waals surface area contributed by atoms with Crippen LogP contribution in [-0.4, -0.2) is 24.9 Å². The highest BCUT2D eigenvalue weighted by atomic mass is 35.5. The van der Waals surface area contributed by atoms with Gasteiger partial charge in [-0.05, 0) is 55.7 Å². The van der Waals surface area contributed by atoms with Gasteiger partial charge in [0, 0.05) is 29.4 Å². The number of hydrogen-bond acceptors (Lipinski definition) is 3. The monoisotopic (exact) mass is 434 g/mol. The maximum absolute atomic E-state index is 13.0. The van der Waals surface area contributed by atoms with Crippen molar-refractivity contribution < 1.29 is 9.59 Å². The lowest BCUT2D eigenvalue weighted by Crippen LogP contribution is -2.31. The van der Waals surface area contributed by atoms with Crippen molar-refractivity contribution in [3.63, 3.8) is 0 Å². The standard InChI is InChI=1S/C21H17Cl3N2O2/c22-13-4-9-16(17(23)12-13)18-19(24)21(28)26(20(18)27)15-7-5-14(6-8-15)25-10-2-1-3-11-25/h4-9,12H,1-3,10-11H2. The average molecular weight is 436 g/mol. The molecule has 28 heavy (non-hydrogen) atoms. The minimum absolute atomic E-state index is 0.0911. The molecule has 0 aliphatic carbocycles. The fraction of sp³-hybridized carbons (Fsp3) is 0.238. The lowest BCUT2D eigenvalue weighted by molar-refractivity contribution is -0.119. The SMILES string of the molecule is O=C1C(Cl)=C(c2ccc(Cl)cc2Cl)C(=O)N1c1ccc(N2CCCCC2)cc1. The van der Waals surface area contributed by atoms with Crippen molar-refractivity contribution in [1.82, 2.24) is 0 Å². The number of hydrogen-bond donors (Lipinski definition) is 0. The number of benzene rings is 2. The zero-order valence-electron chi connectivity index (χ0n) is 14.9. The lowest BCUT2D eigenvalue weighted by atomic mass is 10.1.